The minimum Gasteiger partial charge on any atom is -0.480 e. The summed E-state index contributed by atoms with van der Waals surface area (Å²) in [6.45, 7) is 1.82. The van der Waals surface area contributed by atoms with E-state index in [1.807, 2.05) is 13.2 Å². The van der Waals surface area contributed by atoms with Gasteiger partial charge in [0.05, 0.1) is 5.75 Å². The lowest BCUT2D eigenvalue weighted by Crippen LogP contribution is -2.49. The zero-order chi connectivity index (χ0) is 15.8. The average molecular weight is 326 g/mol. The number of carboxylic acid groups (broad SMARTS) is 1. The summed E-state index contributed by atoms with van der Waals surface area (Å²) < 4.78 is 22.0. The standard InChI is InChI=1S/C11H22N2O5S2/c1-8(4-6-19-2)12-11(16)13-9(10(14)15)5-7-20(3,17)18/h8-9H,4-7H2,1-3H3,(H,14,15)(H2,12,13,16). The number of urea groups is 1. The van der Waals surface area contributed by atoms with Crippen molar-refractivity contribution in [1.29, 1.82) is 0 Å². The van der Waals surface area contributed by atoms with Gasteiger partial charge in [0, 0.05) is 12.3 Å². The van der Waals surface area contributed by atoms with Crippen molar-refractivity contribution in [1.82, 2.24) is 10.6 Å². The van der Waals surface area contributed by atoms with Crippen molar-refractivity contribution in [2.75, 3.05) is 24.0 Å². The predicted molar refractivity (Wildman–Crippen MR) is 79.9 cm³/mol. The molecule has 0 bridgehead atoms. The molecule has 2 unspecified atom stereocenters. The molecular weight excluding hydrogens is 304 g/mol. The Morgan fingerprint density at radius 1 is 1.25 bits per heavy atom. The molecule has 3 N–H and O–H groups in total. The van der Waals surface area contributed by atoms with Gasteiger partial charge >= 0.3 is 12.0 Å². The van der Waals surface area contributed by atoms with Crippen molar-refractivity contribution in [2.24, 2.45) is 0 Å². The molecular formula is C11H22N2O5S2. The van der Waals surface area contributed by atoms with E-state index in [4.69, 9.17) is 5.11 Å². The Morgan fingerprint density at radius 3 is 2.30 bits per heavy atom. The lowest BCUT2D eigenvalue weighted by molar-refractivity contribution is -0.139. The van der Waals surface area contributed by atoms with E-state index in [0.29, 0.717) is 0 Å². The molecule has 0 aliphatic carbocycles. The number of hydrogen-bond donors (Lipinski definition) is 3. The third-order valence-corrected chi connectivity index (χ3v) is 4.13. The van der Waals surface area contributed by atoms with Gasteiger partial charge < -0.3 is 15.7 Å². The Morgan fingerprint density at radius 2 is 1.85 bits per heavy atom. The van der Waals surface area contributed by atoms with E-state index >= 15 is 0 Å². The first-order valence-corrected chi connectivity index (χ1v) is 9.57. The van der Waals surface area contributed by atoms with E-state index in [9.17, 15) is 18.0 Å². The first kappa shape index (κ1) is 19.0. The molecule has 0 aromatic carbocycles. The molecule has 7 nitrogen and oxygen atoms in total. The molecule has 2 atom stereocenters. The van der Waals surface area contributed by atoms with Crippen molar-refractivity contribution >= 4 is 33.6 Å². The summed E-state index contributed by atoms with van der Waals surface area (Å²) >= 11 is 1.65. The molecule has 9 heteroatoms. The number of amides is 2. The summed E-state index contributed by atoms with van der Waals surface area (Å²) in [5.41, 5.74) is 0. The number of nitrogens with one attached hydrogen (secondary N) is 2. The van der Waals surface area contributed by atoms with Crippen molar-refractivity contribution in [3.8, 4) is 0 Å². The molecule has 118 valence electrons. The van der Waals surface area contributed by atoms with Crippen LogP contribution in [0, 0.1) is 0 Å². The van der Waals surface area contributed by atoms with Gasteiger partial charge in [-0.3, -0.25) is 0 Å². The van der Waals surface area contributed by atoms with Crippen LogP contribution in [-0.2, 0) is 14.6 Å². The van der Waals surface area contributed by atoms with E-state index in [0.717, 1.165) is 18.4 Å². The summed E-state index contributed by atoms with van der Waals surface area (Å²) in [6, 6.07) is -1.89. The second-order valence-corrected chi connectivity index (χ2v) is 7.86. The van der Waals surface area contributed by atoms with Gasteiger partial charge in [-0.15, -0.1) is 0 Å². The zero-order valence-electron chi connectivity index (χ0n) is 11.9. The van der Waals surface area contributed by atoms with Gasteiger partial charge in [0.15, 0.2) is 0 Å². The summed E-state index contributed by atoms with van der Waals surface area (Å²) in [5, 5.41) is 13.9. The van der Waals surface area contributed by atoms with Crippen LogP contribution in [0.2, 0.25) is 0 Å². The van der Waals surface area contributed by atoms with Crippen LogP contribution in [-0.4, -0.2) is 61.6 Å². The van der Waals surface area contributed by atoms with Gasteiger partial charge in [-0.05, 0) is 31.8 Å². The van der Waals surface area contributed by atoms with Crippen molar-refractivity contribution in [3.63, 3.8) is 0 Å². The molecule has 0 saturated carbocycles. The monoisotopic (exact) mass is 326 g/mol. The SMILES string of the molecule is CSCCC(C)NC(=O)NC(CCS(C)(=O)=O)C(=O)O. The number of hydrogen-bond acceptors (Lipinski definition) is 5. The van der Waals surface area contributed by atoms with Gasteiger partial charge in [0.1, 0.15) is 15.9 Å². The van der Waals surface area contributed by atoms with Crippen LogP contribution in [0.4, 0.5) is 4.79 Å². The highest BCUT2D eigenvalue weighted by atomic mass is 32.2. The number of rotatable bonds is 9. The number of aliphatic carboxylic acids is 1. The lowest BCUT2D eigenvalue weighted by Gasteiger charge is -2.18. The second kappa shape index (κ2) is 9.06. The minimum atomic E-state index is -3.26. The van der Waals surface area contributed by atoms with E-state index in [1.54, 1.807) is 11.8 Å². The third kappa shape index (κ3) is 9.90. The fraction of sp³-hybridized carbons (Fsp3) is 0.818. The smallest absolute Gasteiger partial charge is 0.326 e. The normalized spacial score (nSPS) is 14.3. The number of carboxylic acids is 1. The lowest BCUT2D eigenvalue weighted by atomic mass is 10.2. The van der Waals surface area contributed by atoms with E-state index in [-0.39, 0.29) is 18.2 Å². The van der Waals surface area contributed by atoms with Gasteiger partial charge in [-0.25, -0.2) is 18.0 Å². The van der Waals surface area contributed by atoms with Gasteiger partial charge in [0.25, 0.3) is 0 Å². The number of thioether (sulfide) groups is 1. The number of sulfone groups is 1. The molecule has 20 heavy (non-hydrogen) atoms. The fourth-order valence-corrected chi connectivity index (χ4v) is 2.63. The van der Waals surface area contributed by atoms with Crippen LogP contribution in [0.3, 0.4) is 0 Å². The van der Waals surface area contributed by atoms with Crippen LogP contribution < -0.4 is 10.6 Å². The topological polar surface area (TPSA) is 113 Å². The average Bonchev–Trinajstić information content (AvgIpc) is 2.30. The molecule has 0 aliphatic rings. The molecule has 0 heterocycles. The highest BCUT2D eigenvalue weighted by Gasteiger charge is 2.22. The zero-order valence-corrected chi connectivity index (χ0v) is 13.5. The summed E-state index contributed by atoms with van der Waals surface area (Å²) in [7, 11) is -3.26. The van der Waals surface area contributed by atoms with Crippen LogP contribution in [0.25, 0.3) is 0 Å². The van der Waals surface area contributed by atoms with Crippen LogP contribution in [0.5, 0.6) is 0 Å². The van der Waals surface area contributed by atoms with Crippen LogP contribution >= 0.6 is 11.8 Å². The van der Waals surface area contributed by atoms with E-state index < -0.39 is 27.9 Å². The predicted octanol–water partition coefficient (Wildman–Crippen LogP) is 0.315. The summed E-state index contributed by atoms with van der Waals surface area (Å²) in [6.07, 6.45) is 3.60. The van der Waals surface area contributed by atoms with Crippen LogP contribution in [0.15, 0.2) is 0 Å². The molecule has 0 rings (SSSR count). The highest BCUT2D eigenvalue weighted by molar-refractivity contribution is 7.98. The molecule has 0 saturated heterocycles. The largest absolute Gasteiger partial charge is 0.480 e. The first-order chi connectivity index (χ1) is 9.15. The molecule has 0 fully saturated rings. The summed E-state index contributed by atoms with van der Waals surface area (Å²) in [5.74, 6) is -0.648. The molecule has 0 spiro atoms. The highest BCUT2D eigenvalue weighted by Crippen LogP contribution is 2.01. The molecule has 0 aromatic heterocycles. The molecule has 2 amide bonds. The molecule has 0 aromatic rings. The quantitative estimate of drug-likeness (QED) is 0.562. The fourth-order valence-electron chi connectivity index (χ4n) is 1.38. The first-order valence-electron chi connectivity index (χ1n) is 6.12. The van der Waals surface area contributed by atoms with E-state index in [1.165, 1.54) is 0 Å². The number of carbonyl (C=O) groups is 2. The maximum Gasteiger partial charge on any atom is 0.326 e. The van der Waals surface area contributed by atoms with Gasteiger partial charge in [-0.1, -0.05) is 0 Å². The Hall–Kier alpha value is -0.960. The maximum absolute atomic E-state index is 11.6. The molecule has 0 radical (unpaired) electrons. The maximum atomic E-state index is 11.6. The minimum absolute atomic E-state index is 0.0770. The van der Waals surface area contributed by atoms with Crippen molar-refractivity contribution < 1.29 is 23.1 Å². The Labute approximate surface area is 123 Å². The Kier molecular flexibility index (Phi) is 8.63. The third-order valence-electron chi connectivity index (χ3n) is 2.51. The van der Waals surface area contributed by atoms with Crippen LogP contribution in [0.1, 0.15) is 19.8 Å². The second-order valence-electron chi connectivity index (χ2n) is 4.61. The van der Waals surface area contributed by atoms with E-state index in [2.05, 4.69) is 10.6 Å². The van der Waals surface area contributed by atoms with Crippen molar-refractivity contribution in [3.05, 3.63) is 0 Å². The molecule has 0 aliphatic heterocycles. The van der Waals surface area contributed by atoms with Crippen molar-refractivity contribution in [2.45, 2.75) is 31.8 Å². The van der Waals surface area contributed by atoms with Gasteiger partial charge in [0.2, 0.25) is 0 Å². The Balaban J connectivity index is 4.31. The summed E-state index contributed by atoms with van der Waals surface area (Å²) in [4.78, 5) is 22.6. The Bertz CT molecular complexity index is 425. The van der Waals surface area contributed by atoms with Gasteiger partial charge in [-0.2, -0.15) is 11.8 Å². The number of carbonyl (C=O) groups excluding carboxylic acids is 1.